The van der Waals surface area contributed by atoms with Gasteiger partial charge in [-0.3, -0.25) is 4.79 Å². The number of esters is 2. The first-order valence-electron chi connectivity index (χ1n) is 6.38. The summed E-state index contributed by atoms with van der Waals surface area (Å²) in [6.07, 6.45) is -1.92. The largest absolute Gasteiger partial charge is 0.460 e. The van der Waals surface area contributed by atoms with Gasteiger partial charge in [-0.15, -0.1) is 0 Å². The number of hydrogen-bond donors (Lipinski definition) is 1. The van der Waals surface area contributed by atoms with Crippen LogP contribution in [0.15, 0.2) is 30.3 Å². The predicted molar refractivity (Wildman–Crippen MR) is 72.7 cm³/mol. The number of benzene rings is 1. The maximum atomic E-state index is 11.5. The van der Waals surface area contributed by atoms with Crippen LogP contribution in [-0.2, 0) is 25.7 Å². The minimum absolute atomic E-state index is 0.0606. The van der Waals surface area contributed by atoms with Gasteiger partial charge in [0.15, 0.2) is 6.10 Å². The van der Waals surface area contributed by atoms with E-state index in [4.69, 9.17) is 9.47 Å². The smallest absolute Gasteiger partial charge is 0.335 e. The highest BCUT2D eigenvalue weighted by Gasteiger charge is 2.24. The summed E-state index contributed by atoms with van der Waals surface area (Å²) in [5, 5.41) is 9.59. The van der Waals surface area contributed by atoms with Crippen molar-refractivity contribution >= 4 is 11.9 Å². The Morgan fingerprint density at radius 1 is 1.20 bits per heavy atom. The summed E-state index contributed by atoms with van der Waals surface area (Å²) in [6.45, 7) is 5.20. The topological polar surface area (TPSA) is 72.8 Å². The first kappa shape index (κ1) is 16.2. The van der Waals surface area contributed by atoms with Gasteiger partial charge in [-0.25, -0.2) is 4.79 Å². The van der Waals surface area contributed by atoms with E-state index in [2.05, 4.69) is 0 Å². The molecule has 0 heterocycles. The van der Waals surface area contributed by atoms with Crippen LogP contribution < -0.4 is 0 Å². The van der Waals surface area contributed by atoms with Crippen LogP contribution in [0.4, 0.5) is 0 Å². The van der Waals surface area contributed by atoms with E-state index in [0.29, 0.717) is 0 Å². The lowest BCUT2D eigenvalue weighted by Gasteiger charge is -2.20. The van der Waals surface area contributed by atoms with Gasteiger partial charge in [0, 0.05) is 0 Å². The average molecular weight is 280 g/mol. The molecule has 1 atom stereocenters. The van der Waals surface area contributed by atoms with Crippen LogP contribution in [0, 0.1) is 0 Å². The van der Waals surface area contributed by atoms with E-state index in [1.807, 2.05) is 18.2 Å². The standard InChI is InChI=1S/C15H20O5/c1-15(2,3)20-13(17)9-12(16)14(18)19-10-11-7-5-4-6-8-11/h4-8,12,16H,9-10H2,1-3H3. The third kappa shape index (κ3) is 6.33. The van der Waals surface area contributed by atoms with Crippen molar-refractivity contribution in [3.63, 3.8) is 0 Å². The maximum Gasteiger partial charge on any atom is 0.335 e. The summed E-state index contributed by atoms with van der Waals surface area (Å²) in [5.41, 5.74) is 0.162. The van der Waals surface area contributed by atoms with Crippen molar-refractivity contribution in [3.8, 4) is 0 Å². The lowest BCUT2D eigenvalue weighted by Crippen LogP contribution is -2.30. The van der Waals surface area contributed by atoms with Crippen molar-refractivity contribution in [3.05, 3.63) is 35.9 Å². The van der Waals surface area contributed by atoms with E-state index in [0.717, 1.165) is 5.56 Å². The fourth-order valence-corrected chi connectivity index (χ4v) is 1.45. The third-order valence-electron chi connectivity index (χ3n) is 2.28. The van der Waals surface area contributed by atoms with Crippen molar-refractivity contribution in [1.29, 1.82) is 0 Å². The Bertz CT molecular complexity index is 447. The Balaban J connectivity index is 2.38. The van der Waals surface area contributed by atoms with Gasteiger partial charge in [0.25, 0.3) is 0 Å². The molecule has 0 saturated carbocycles. The minimum Gasteiger partial charge on any atom is -0.460 e. The lowest BCUT2D eigenvalue weighted by molar-refractivity contribution is -0.166. The Morgan fingerprint density at radius 3 is 2.35 bits per heavy atom. The molecule has 1 N–H and O–H groups in total. The minimum atomic E-state index is -1.51. The first-order chi connectivity index (χ1) is 9.28. The highest BCUT2D eigenvalue weighted by molar-refractivity contribution is 5.81. The molecule has 20 heavy (non-hydrogen) atoms. The fourth-order valence-electron chi connectivity index (χ4n) is 1.45. The van der Waals surface area contributed by atoms with E-state index in [1.54, 1.807) is 32.9 Å². The fraction of sp³-hybridized carbons (Fsp3) is 0.467. The van der Waals surface area contributed by atoms with Crippen LogP contribution in [0.25, 0.3) is 0 Å². The zero-order valence-corrected chi connectivity index (χ0v) is 12.0. The second-order valence-electron chi connectivity index (χ2n) is 5.40. The van der Waals surface area contributed by atoms with E-state index < -0.39 is 30.1 Å². The number of aliphatic hydroxyl groups excluding tert-OH is 1. The van der Waals surface area contributed by atoms with E-state index in [-0.39, 0.29) is 6.61 Å². The second kappa shape index (κ2) is 7.05. The van der Waals surface area contributed by atoms with Crippen LogP contribution in [0.3, 0.4) is 0 Å². The highest BCUT2D eigenvalue weighted by atomic mass is 16.6. The highest BCUT2D eigenvalue weighted by Crippen LogP contribution is 2.10. The molecule has 0 radical (unpaired) electrons. The molecule has 1 aromatic carbocycles. The van der Waals surface area contributed by atoms with Crippen LogP contribution >= 0.6 is 0 Å². The molecule has 1 unspecified atom stereocenters. The van der Waals surface area contributed by atoms with E-state index in [1.165, 1.54) is 0 Å². The zero-order valence-electron chi connectivity index (χ0n) is 12.0. The third-order valence-corrected chi connectivity index (χ3v) is 2.28. The van der Waals surface area contributed by atoms with Gasteiger partial charge in [-0.05, 0) is 26.3 Å². The van der Waals surface area contributed by atoms with Gasteiger partial charge >= 0.3 is 11.9 Å². The molecular weight excluding hydrogens is 260 g/mol. The molecule has 5 nitrogen and oxygen atoms in total. The Kier molecular flexibility index (Phi) is 5.70. The summed E-state index contributed by atoms with van der Waals surface area (Å²) in [7, 11) is 0. The quantitative estimate of drug-likeness (QED) is 0.833. The number of hydrogen-bond acceptors (Lipinski definition) is 5. The molecule has 0 aromatic heterocycles. The molecule has 1 aromatic rings. The number of carbonyl (C=O) groups is 2. The Labute approximate surface area is 118 Å². The molecule has 110 valence electrons. The van der Waals surface area contributed by atoms with Gasteiger partial charge in [0.05, 0.1) is 6.42 Å². The summed E-state index contributed by atoms with van der Waals surface area (Å²) < 4.78 is 9.94. The lowest BCUT2D eigenvalue weighted by atomic mass is 10.2. The van der Waals surface area contributed by atoms with E-state index >= 15 is 0 Å². The zero-order chi connectivity index (χ0) is 15.2. The van der Waals surface area contributed by atoms with E-state index in [9.17, 15) is 14.7 Å². The molecule has 0 spiro atoms. The average Bonchev–Trinajstić information content (AvgIpc) is 2.34. The maximum absolute atomic E-state index is 11.5. The van der Waals surface area contributed by atoms with Crippen molar-refractivity contribution in [2.45, 2.75) is 45.5 Å². The summed E-state index contributed by atoms with van der Waals surface area (Å²) in [5.74, 6) is -1.47. The van der Waals surface area contributed by atoms with Crippen LogP contribution in [0.5, 0.6) is 0 Å². The Morgan fingerprint density at radius 2 is 1.80 bits per heavy atom. The van der Waals surface area contributed by atoms with Crippen molar-refractivity contribution in [2.24, 2.45) is 0 Å². The SMILES string of the molecule is CC(C)(C)OC(=O)CC(O)C(=O)OCc1ccccc1. The first-order valence-corrected chi connectivity index (χ1v) is 6.38. The van der Waals surface area contributed by atoms with Crippen molar-refractivity contribution in [1.82, 2.24) is 0 Å². The molecule has 5 heteroatoms. The molecule has 0 bridgehead atoms. The molecule has 0 aliphatic rings. The molecule has 1 rings (SSSR count). The molecule has 0 fully saturated rings. The predicted octanol–water partition coefficient (Wildman–Crippen LogP) is 1.82. The number of aliphatic hydroxyl groups is 1. The number of ether oxygens (including phenoxy) is 2. The second-order valence-corrected chi connectivity index (χ2v) is 5.40. The molecular formula is C15H20O5. The van der Waals surface area contributed by atoms with Crippen molar-refractivity contribution in [2.75, 3.05) is 0 Å². The van der Waals surface area contributed by atoms with Crippen LogP contribution in [-0.4, -0.2) is 28.8 Å². The number of rotatable bonds is 5. The summed E-state index contributed by atoms with van der Waals surface area (Å²) in [4.78, 5) is 23.0. The molecule has 0 saturated heterocycles. The molecule has 0 aliphatic carbocycles. The normalized spacial score (nSPS) is 12.6. The van der Waals surface area contributed by atoms with Gasteiger partial charge in [0.2, 0.25) is 0 Å². The summed E-state index contributed by atoms with van der Waals surface area (Å²) in [6, 6.07) is 9.09. The van der Waals surface area contributed by atoms with Gasteiger partial charge in [0.1, 0.15) is 12.2 Å². The van der Waals surface area contributed by atoms with Gasteiger partial charge < -0.3 is 14.6 Å². The molecule has 0 aliphatic heterocycles. The van der Waals surface area contributed by atoms with Gasteiger partial charge in [-0.1, -0.05) is 30.3 Å². The van der Waals surface area contributed by atoms with Gasteiger partial charge in [-0.2, -0.15) is 0 Å². The van der Waals surface area contributed by atoms with Crippen LogP contribution in [0.2, 0.25) is 0 Å². The Hall–Kier alpha value is -1.88. The number of carbonyl (C=O) groups excluding carboxylic acids is 2. The van der Waals surface area contributed by atoms with Crippen molar-refractivity contribution < 1.29 is 24.2 Å². The monoisotopic (exact) mass is 280 g/mol. The summed E-state index contributed by atoms with van der Waals surface area (Å²) >= 11 is 0. The molecule has 0 amide bonds. The van der Waals surface area contributed by atoms with Crippen LogP contribution in [0.1, 0.15) is 32.8 Å².